The molecule has 31 heavy (non-hydrogen) atoms. The number of hydrogen-bond donors (Lipinski definition) is 0. The van der Waals surface area contributed by atoms with Crippen molar-refractivity contribution in [1.82, 2.24) is 4.98 Å². The summed E-state index contributed by atoms with van der Waals surface area (Å²) in [6, 6.07) is 25.5. The molecule has 4 nitrogen and oxygen atoms in total. The summed E-state index contributed by atoms with van der Waals surface area (Å²) in [5.41, 5.74) is 2.05. The minimum Gasteiger partial charge on any atom is -0.402 e. The van der Waals surface area contributed by atoms with Gasteiger partial charge in [0.25, 0.3) is 8.32 Å². The van der Waals surface area contributed by atoms with Crippen molar-refractivity contribution in [3.63, 3.8) is 0 Å². The van der Waals surface area contributed by atoms with Crippen LogP contribution in [0, 0.1) is 0 Å². The van der Waals surface area contributed by atoms with E-state index in [0.29, 0.717) is 19.8 Å². The standard InChI is InChI=1S/C26H33NO3Si/c1-5-28-29-19-18-22-16-17-23(27-20-22)21-30-31(26(2,3)4,24-12-8-6-9-13-24)25-14-10-7-11-15-25/h6-17,20H,5,18-19,21H2,1-4H3. The van der Waals surface area contributed by atoms with E-state index >= 15 is 0 Å². The molecule has 0 aliphatic carbocycles. The van der Waals surface area contributed by atoms with Crippen molar-refractivity contribution in [2.45, 2.75) is 45.8 Å². The number of aromatic nitrogens is 1. The molecule has 0 fully saturated rings. The predicted molar refractivity (Wildman–Crippen MR) is 128 cm³/mol. The molecule has 0 bridgehead atoms. The van der Waals surface area contributed by atoms with Crippen LogP contribution in [-0.4, -0.2) is 26.5 Å². The second-order valence-corrected chi connectivity index (χ2v) is 12.9. The highest BCUT2D eigenvalue weighted by molar-refractivity contribution is 6.99. The lowest BCUT2D eigenvalue weighted by Crippen LogP contribution is -2.66. The van der Waals surface area contributed by atoms with Crippen molar-refractivity contribution in [1.29, 1.82) is 0 Å². The molecule has 5 heteroatoms. The maximum absolute atomic E-state index is 6.94. The second kappa shape index (κ2) is 10.8. The molecule has 0 unspecified atom stereocenters. The third-order valence-corrected chi connectivity index (χ3v) is 10.4. The van der Waals surface area contributed by atoms with Gasteiger partial charge in [-0.3, -0.25) is 4.98 Å². The summed E-state index contributed by atoms with van der Waals surface area (Å²) >= 11 is 0. The molecule has 0 radical (unpaired) electrons. The van der Waals surface area contributed by atoms with Crippen LogP contribution in [0.1, 0.15) is 39.0 Å². The van der Waals surface area contributed by atoms with Crippen LogP contribution >= 0.6 is 0 Å². The van der Waals surface area contributed by atoms with Crippen molar-refractivity contribution in [2.75, 3.05) is 13.2 Å². The van der Waals surface area contributed by atoms with Crippen LogP contribution in [0.25, 0.3) is 0 Å². The van der Waals surface area contributed by atoms with Gasteiger partial charge in [-0.25, -0.2) is 9.78 Å². The molecule has 0 N–H and O–H groups in total. The minimum absolute atomic E-state index is 0.0493. The first kappa shape index (κ1) is 23.4. The van der Waals surface area contributed by atoms with Gasteiger partial charge in [-0.1, -0.05) is 87.5 Å². The SMILES string of the molecule is CCOOCCc1ccc(CO[Si](c2ccccc2)(c2ccccc2)C(C)(C)C)nc1. The van der Waals surface area contributed by atoms with Crippen molar-refractivity contribution < 1.29 is 14.2 Å². The van der Waals surface area contributed by atoms with E-state index in [4.69, 9.17) is 14.2 Å². The lowest BCUT2D eigenvalue weighted by Gasteiger charge is -2.43. The van der Waals surface area contributed by atoms with E-state index in [1.165, 1.54) is 10.4 Å². The molecule has 3 rings (SSSR count). The first-order valence-electron chi connectivity index (χ1n) is 10.9. The molecular formula is C26H33NO3Si. The van der Waals surface area contributed by atoms with Crippen LogP contribution in [0.15, 0.2) is 79.0 Å². The highest BCUT2D eigenvalue weighted by Gasteiger charge is 2.50. The molecule has 164 valence electrons. The van der Waals surface area contributed by atoms with Crippen LogP contribution in [0.3, 0.4) is 0 Å². The Hall–Kier alpha value is -2.31. The number of rotatable bonds is 10. The molecule has 0 atom stereocenters. The summed E-state index contributed by atoms with van der Waals surface area (Å²) < 4.78 is 6.94. The molecule has 3 aromatic rings. The highest BCUT2D eigenvalue weighted by Crippen LogP contribution is 2.37. The molecule has 0 aliphatic rings. The zero-order valence-corrected chi connectivity index (χ0v) is 20.0. The van der Waals surface area contributed by atoms with Crippen molar-refractivity contribution in [3.05, 3.63) is 90.3 Å². The third kappa shape index (κ3) is 5.69. The molecule has 1 aromatic heterocycles. The van der Waals surface area contributed by atoms with Gasteiger partial charge >= 0.3 is 0 Å². The predicted octanol–water partition coefficient (Wildman–Crippen LogP) is 4.67. The minimum atomic E-state index is -2.55. The Labute approximate surface area is 187 Å². The molecule has 0 amide bonds. The number of hydrogen-bond acceptors (Lipinski definition) is 4. The first-order valence-corrected chi connectivity index (χ1v) is 12.8. The molecule has 0 saturated carbocycles. The molecular weight excluding hydrogens is 402 g/mol. The Morgan fingerprint density at radius 3 is 1.90 bits per heavy atom. The van der Waals surface area contributed by atoms with E-state index in [1.807, 2.05) is 19.2 Å². The van der Waals surface area contributed by atoms with E-state index in [2.05, 4.69) is 92.5 Å². The Bertz CT molecular complexity index is 869. The smallest absolute Gasteiger partial charge is 0.261 e. The molecule has 0 spiro atoms. The summed E-state index contributed by atoms with van der Waals surface area (Å²) in [5.74, 6) is 0. The lowest BCUT2D eigenvalue weighted by molar-refractivity contribution is -0.290. The quantitative estimate of drug-likeness (QED) is 0.201. The Kier molecular flexibility index (Phi) is 8.15. The van der Waals surface area contributed by atoms with Crippen LogP contribution in [0.4, 0.5) is 0 Å². The van der Waals surface area contributed by atoms with E-state index in [-0.39, 0.29) is 5.04 Å². The summed E-state index contributed by atoms with van der Waals surface area (Å²) in [5, 5.41) is 2.50. The molecule has 1 heterocycles. The zero-order chi connectivity index (χ0) is 22.2. The monoisotopic (exact) mass is 435 g/mol. The Balaban J connectivity index is 1.85. The summed E-state index contributed by atoms with van der Waals surface area (Å²) in [6.45, 7) is 10.3. The van der Waals surface area contributed by atoms with Gasteiger partial charge in [0.15, 0.2) is 0 Å². The average molecular weight is 436 g/mol. The maximum Gasteiger partial charge on any atom is 0.261 e. The molecule has 2 aromatic carbocycles. The lowest BCUT2D eigenvalue weighted by atomic mass is 10.2. The summed E-state index contributed by atoms with van der Waals surface area (Å²) in [4.78, 5) is 14.7. The van der Waals surface area contributed by atoms with Gasteiger partial charge < -0.3 is 4.43 Å². The largest absolute Gasteiger partial charge is 0.402 e. The van der Waals surface area contributed by atoms with Crippen molar-refractivity contribution >= 4 is 18.7 Å². The molecule has 0 saturated heterocycles. The van der Waals surface area contributed by atoms with Crippen LogP contribution in [-0.2, 0) is 27.2 Å². The van der Waals surface area contributed by atoms with E-state index in [9.17, 15) is 0 Å². The Morgan fingerprint density at radius 2 is 1.42 bits per heavy atom. The van der Waals surface area contributed by atoms with Gasteiger partial charge in [0.1, 0.15) is 0 Å². The van der Waals surface area contributed by atoms with Crippen molar-refractivity contribution in [2.24, 2.45) is 0 Å². The van der Waals surface area contributed by atoms with Gasteiger partial charge in [0, 0.05) is 12.6 Å². The highest BCUT2D eigenvalue weighted by atomic mass is 28.4. The van der Waals surface area contributed by atoms with E-state index < -0.39 is 8.32 Å². The fourth-order valence-electron chi connectivity index (χ4n) is 3.93. The fourth-order valence-corrected chi connectivity index (χ4v) is 8.45. The van der Waals surface area contributed by atoms with E-state index in [1.54, 1.807) is 0 Å². The van der Waals surface area contributed by atoms with Crippen LogP contribution in [0.2, 0.25) is 5.04 Å². The summed E-state index contributed by atoms with van der Waals surface area (Å²) in [6.07, 6.45) is 2.67. The summed E-state index contributed by atoms with van der Waals surface area (Å²) in [7, 11) is -2.55. The fraction of sp³-hybridized carbons (Fsp3) is 0.346. The zero-order valence-electron chi connectivity index (χ0n) is 19.0. The third-order valence-electron chi connectivity index (χ3n) is 5.41. The first-order chi connectivity index (χ1) is 15.0. The van der Waals surface area contributed by atoms with E-state index in [0.717, 1.165) is 17.7 Å². The average Bonchev–Trinajstić information content (AvgIpc) is 2.79. The number of pyridine rings is 1. The second-order valence-electron chi connectivity index (χ2n) is 8.59. The van der Waals surface area contributed by atoms with Crippen LogP contribution in [0.5, 0.6) is 0 Å². The normalized spacial score (nSPS) is 12.1. The topological polar surface area (TPSA) is 40.6 Å². The van der Waals surface area contributed by atoms with Gasteiger partial charge in [0.2, 0.25) is 0 Å². The van der Waals surface area contributed by atoms with Crippen LogP contribution < -0.4 is 10.4 Å². The van der Waals surface area contributed by atoms with Gasteiger partial charge in [-0.2, -0.15) is 0 Å². The van der Waals surface area contributed by atoms with Crippen molar-refractivity contribution in [3.8, 4) is 0 Å². The molecule has 0 aliphatic heterocycles. The van der Waals surface area contributed by atoms with Gasteiger partial charge in [0.05, 0.1) is 25.5 Å². The number of nitrogens with zero attached hydrogens (tertiary/aromatic N) is 1. The number of benzene rings is 2. The Morgan fingerprint density at radius 1 is 0.806 bits per heavy atom. The maximum atomic E-state index is 6.94. The van der Waals surface area contributed by atoms with Gasteiger partial charge in [-0.15, -0.1) is 0 Å². The van der Waals surface area contributed by atoms with Gasteiger partial charge in [-0.05, 0) is 34.0 Å².